The number of hydrogen-bond donors (Lipinski definition) is 1. The van der Waals surface area contributed by atoms with Crippen molar-refractivity contribution in [3.63, 3.8) is 0 Å². The highest BCUT2D eigenvalue weighted by Gasteiger charge is 2.18. The molecule has 1 fully saturated rings. The molecule has 1 amide bonds. The normalized spacial score (nSPS) is 18.9. The fourth-order valence-electron chi connectivity index (χ4n) is 1.54. The van der Waals surface area contributed by atoms with Gasteiger partial charge in [-0.15, -0.1) is 0 Å². The quantitative estimate of drug-likeness (QED) is 0.741. The van der Waals surface area contributed by atoms with Gasteiger partial charge in [0, 0.05) is 25.6 Å². The van der Waals surface area contributed by atoms with Crippen LogP contribution in [0.4, 0.5) is 0 Å². The molecule has 5 heteroatoms. The van der Waals surface area contributed by atoms with Gasteiger partial charge in [-0.25, -0.2) is 0 Å². The third kappa shape index (κ3) is 4.86. The number of thioether (sulfide) groups is 1. The first-order valence-electron chi connectivity index (χ1n) is 5.34. The zero-order valence-electron chi connectivity index (χ0n) is 9.28. The Hall–Kier alpha value is -0.260. The van der Waals surface area contributed by atoms with E-state index in [2.05, 4.69) is 6.26 Å². The Labute approximate surface area is 95.5 Å². The summed E-state index contributed by atoms with van der Waals surface area (Å²) in [4.78, 5) is 13.6. The minimum absolute atomic E-state index is 0.00722. The van der Waals surface area contributed by atoms with E-state index in [9.17, 15) is 4.79 Å². The molecule has 1 aliphatic rings. The SMILES string of the molecule is CSCCC(N)CC(=O)N1CCOCC1. The fraction of sp³-hybridized carbons (Fsp3) is 0.900. The summed E-state index contributed by atoms with van der Waals surface area (Å²) in [6.07, 6.45) is 3.44. The minimum Gasteiger partial charge on any atom is -0.378 e. The fourth-order valence-corrected chi connectivity index (χ4v) is 2.08. The molecular formula is C10H20N2O2S. The molecule has 15 heavy (non-hydrogen) atoms. The zero-order valence-corrected chi connectivity index (χ0v) is 10.1. The molecule has 1 saturated heterocycles. The van der Waals surface area contributed by atoms with Gasteiger partial charge in [-0.3, -0.25) is 4.79 Å². The van der Waals surface area contributed by atoms with Gasteiger partial charge in [-0.05, 0) is 18.4 Å². The van der Waals surface area contributed by atoms with Crippen molar-refractivity contribution in [1.82, 2.24) is 4.90 Å². The highest BCUT2D eigenvalue weighted by atomic mass is 32.2. The van der Waals surface area contributed by atoms with E-state index in [1.165, 1.54) is 0 Å². The summed E-state index contributed by atoms with van der Waals surface area (Å²) in [5, 5.41) is 0. The molecule has 0 radical (unpaired) electrons. The summed E-state index contributed by atoms with van der Waals surface area (Å²) in [5.41, 5.74) is 5.88. The number of ether oxygens (including phenoxy) is 1. The van der Waals surface area contributed by atoms with Crippen molar-refractivity contribution >= 4 is 17.7 Å². The summed E-state index contributed by atoms with van der Waals surface area (Å²) in [6, 6.07) is 0.00722. The highest BCUT2D eigenvalue weighted by Crippen LogP contribution is 2.06. The smallest absolute Gasteiger partial charge is 0.224 e. The van der Waals surface area contributed by atoms with Crippen LogP contribution in [0, 0.1) is 0 Å². The lowest BCUT2D eigenvalue weighted by molar-refractivity contribution is -0.135. The molecule has 2 N–H and O–H groups in total. The second kappa shape index (κ2) is 7.09. The second-order valence-electron chi connectivity index (χ2n) is 3.74. The number of nitrogens with zero attached hydrogens (tertiary/aromatic N) is 1. The van der Waals surface area contributed by atoms with E-state index < -0.39 is 0 Å². The summed E-state index contributed by atoms with van der Waals surface area (Å²) < 4.78 is 5.19. The van der Waals surface area contributed by atoms with E-state index in [1.807, 2.05) is 4.90 Å². The number of rotatable bonds is 5. The van der Waals surface area contributed by atoms with Crippen LogP contribution in [0.15, 0.2) is 0 Å². The Kier molecular flexibility index (Phi) is 6.05. The van der Waals surface area contributed by atoms with Crippen LogP contribution in [0.3, 0.4) is 0 Å². The van der Waals surface area contributed by atoms with E-state index in [4.69, 9.17) is 10.5 Å². The molecule has 1 rings (SSSR count). The molecule has 4 nitrogen and oxygen atoms in total. The van der Waals surface area contributed by atoms with Gasteiger partial charge in [0.25, 0.3) is 0 Å². The standard InChI is InChI=1S/C10H20N2O2S/c1-15-7-2-9(11)8-10(13)12-3-5-14-6-4-12/h9H,2-8,11H2,1H3. The molecule has 1 atom stereocenters. The molecule has 0 aromatic carbocycles. The number of carbonyl (C=O) groups excluding carboxylic acids is 1. The van der Waals surface area contributed by atoms with Crippen molar-refractivity contribution in [2.45, 2.75) is 18.9 Å². The number of hydrogen-bond acceptors (Lipinski definition) is 4. The Morgan fingerprint density at radius 2 is 2.20 bits per heavy atom. The molecule has 0 saturated carbocycles. The van der Waals surface area contributed by atoms with Gasteiger partial charge in [0.05, 0.1) is 13.2 Å². The van der Waals surface area contributed by atoms with Crippen LogP contribution in [0.2, 0.25) is 0 Å². The number of carbonyl (C=O) groups is 1. The Morgan fingerprint density at radius 3 is 2.80 bits per heavy atom. The lowest BCUT2D eigenvalue weighted by atomic mass is 10.1. The molecule has 1 aliphatic heterocycles. The van der Waals surface area contributed by atoms with Crippen LogP contribution < -0.4 is 5.73 Å². The Balaban J connectivity index is 2.21. The van der Waals surface area contributed by atoms with Gasteiger partial charge in [-0.1, -0.05) is 0 Å². The lowest BCUT2D eigenvalue weighted by Gasteiger charge is -2.27. The molecule has 1 unspecified atom stereocenters. The molecular weight excluding hydrogens is 212 g/mol. The molecule has 0 aromatic rings. The second-order valence-corrected chi connectivity index (χ2v) is 4.72. The van der Waals surface area contributed by atoms with Crippen LogP contribution in [-0.4, -0.2) is 55.2 Å². The van der Waals surface area contributed by atoms with E-state index in [0.29, 0.717) is 32.7 Å². The molecule has 0 bridgehead atoms. The molecule has 0 aromatic heterocycles. The van der Waals surface area contributed by atoms with Crippen LogP contribution >= 0.6 is 11.8 Å². The number of nitrogens with two attached hydrogens (primary N) is 1. The van der Waals surface area contributed by atoms with Crippen LogP contribution in [0.1, 0.15) is 12.8 Å². The maximum Gasteiger partial charge on any atom is 0.224 e. The largest absolute Gasteiger partial charge is 0.378 e. The third-order valence-electron chi connectivity index (χ3n) is 2.49. The summed E-state index contributed by atoms with van der Waals surface area (Å²) in [5.74, 6) is 1.20. The summed E-state index contributed by atoms with van der Waals surface area (Å²) in [6.45, 7) is 2.75. The monoisotopic (exact) mass is 232 g/mol. The predicted octanol–water partition coefficient (Wildman–Crippen LogP) is 0.316. The molecule has 1 heterocycles. The van der Waals surface area contributed by atoms with Gasteiger partial charge < -0.3 is 15.4 Å². The van der Waals surface area contributed by atoms with Crippen molar-refractivity contribution in [3.8, 4) is 0 Å². The van der Waals surface area contributed by atoms with Gasteiger partial charge in [-0.2, -0.15) is 11.8 Å². The van der Waals surface area contributed by atoms with E-state index >= 15 is 0 Å². The topological polar surface area (TPSA) is 55.6 Å². The number of amides is 1. The first-order valence-corrected chi connectivity index (χ1v) is 6.73. The molecule has 88 valence electrons. The van der Waals surface area contributed by atoms with Crippen molar-refractivity contribution in [2.24, 2.45) is 5.73 Å². The highest BCUT2D eigenvalue weighted by molar-refractivity contribution is 7.98. The van der Waals surface area contributed by atoms with Gasteiger partial charge >= 0.3 is 0 Å². The average Bonchev–Trinajstić information content (AvgIpc) is 2.27. The first kappa shape index (κ1) is 12.8. The van der Waals surface area contributed by atoms with Crippen LogP contribution in [-0.2, 0) is 9.53 Å². The van der Waals surface area contributed by atoms with Crippen molar-refractivity contribution in [3.05, 3.63) is 0 Å². The van der Waals surface area contributed by atoms with E-state index in [1.54, 1.807) is 11.8 Å². The van der Waals surface area contributed by atoms with Crippen LogP contribution in [0.5, 0.6) is 0 Å². The summed E-state index contributed by atoms with van der Waals surface area (Å²) in [7, 11) is 0. The first-order chi connectivity index (χ1) is 7.24. The predicted molar refractivity (Wildman–Crippen MR) is 63.0 cm³/mol. The average molecular weight is 232 g/mol. The molecule has 0 spiro atoms. The van der Waals surface area contributed by atoms with Crippen molar-refractivity contribution in [1.29, 1.82) is 0 Å². The van der Waals surface area contributed by atoms with Gasteiger partial charge in [0.1, 0.15) is 0 Å². The van der Waals surface area contributed by atoms with E-state index in [0.717, 1.165) is 12.2 Å². The van der Waals surface area contributed by atoms with Crippen molar-refractivity contribution in [2.75, 3.05) is 38.3 Å². The van der Waals surface area contributed by atoms with Gasteiger partial charge in [0.2, 0.25) is 5.91 Å². The maximum atomic E-state index is 11.8. The maximum absolute atomic E-state index is 11.8. The third-order valence-corrected chi connectivity index (χ3v) is 3.14. The molecule has 0 aliphatic carbocycles. The minimum atomic E-state index is 0.00722. The lowest BCUT2D eigenvalue weighted by Crippen LogP contribution is -2.43. The van der Waals surface area contributed by atoms with Crippen molar-refractivity contribution < 1.29 is 9.53 Å². The van der Waals surface area contributed by atoms with E-state index in [-0.39, 0.29) is 11.9 Å². The Morgan fingerprint density at radius 1 is 1.53 bits per heavy atom. The number of morpholine rings is 1. The Bertz CT molecular complexity index is 196. The van der Waals surface area contributed by atoms with Crippen LogP contribution in [0.25, 0.3) is 0 Å². The zero-order chi connectivity index (χ0) is 11.1. The van der Waals surface area contributed by atoms with Gasteiger partial charge in [0.15, 0.2) is 0 Å². The summed E-state index contributed by atoms with van der Waals surface area (Å²) >= 11 is 1.77.